The molecule has 0 unspecified atom stereocenters. The van der Waals surface area contributed by atoms with Gasteiger partial charge in [-0.1, -0.05) is 0 Å². The molecule has 1 amide bonds. The van der Waals surface area contributed by atoms with Crippen LogP contribution in [0.25, 0.3) is 0 Å². The second-order valence-corrected chi connectivity index (χ2v) is 5.30. The third-order valence-corrected chi connectivity index (χ3v) is 3.74. The quantitative estimate of drug-likeness (QED) is 0.649. The van der Waals surface area contributed by atoms with Crippen molar-refractivity contribution < 1.29 is 23.4 Å². The van der Waals surface area contributed by atoms with Crippen molar-refractivity contribution in [2.75, 3.05) is 21.3 Å². The molecule has 2 aromatic rings. The van der Waals surface area contributed by atoms with Crippen molar-refractivity contribution in [3.8, 4) is 17.2 Å². The van der Waals surface area contributed by atoms with Crippen molar-refractivity contribution in [3.05, 3.63) is 39.8 Å². The Morgan fingerprint density at radius 3 is 2.30 bits per heavy atom. The number of nitrogens with zero attached hydrogens (tertiary/aromatic N) is 1. The number of thiophene rings is 1. The summed E-state index contributed by atoms with van der Waals surface area (Å²) in [6, 6.07) is 5.98. The molecule has 8 heteroatoms. The first-order chi connectivity index (χ1) is 11.1. The van der Waals surface area contributed by atoms with Gasteiger partial charge < -0.3 is 14.2 Å². The number of carbonyl (C=O) groups excluding carboxylic acids is 1. The van der Waals surface area contributed by atoms with Gasteiger partial charge in [0.1, 0.15) is 0 Å². The largest absolute Gasteiger partial charge is 0.493 e. The van der Waals surface area contributed by atoms with Gasteiger partial charge in [-0.15, -0.1) is 11.3 Å². The van der Waals surface area contributed by atoms with Crippen molar-refractivity contribution in [1.29, 1.82) is 0 Å². The predicted molar refractivity (Wildman–Crippen MR) is 85.4 cm³/mol. The summed E-state index contributed by atoms with van der Waals surface area (Å²) in [4.78, 5) is 12.0. The van der Waals surface area contributed by atoms with Crippen LogP contribution in [0.2, 0.25) is 0 Å². The lowest BCUT2D eigenvalue weighted by Gasteiger charge is -2.12. The monoisotopic (exact) mass is 338 g/mol. The fraction of sp³-hybridized carbons (Fsp3) is 0.200. The second kappa shape index (κ2) is 7.59. The summed E-state index contributed by atoms with van der Waals surface area (Å²) in [5.74, 6) is 0.924. The highest BCUT2D eigenvalue weighted by Gasteiger charge is 2.12. The normalized spacial score (nSPS) is 10.6. The number of methoxy groups -OCH3 is 3. The van der Waals surface area contributed by atoms with E-state index >= 15 is 0 Å². The lowest BCUT2D eigenvalue weighted by atomic mass is 10.2. The molecule has 0 aliphatic heterocycles. The molecule has 0 spiro atoms. The number of nitrogens with one attached hydrogen (secondary N) is 1. The van der Waals surface area contributed by atoms with E-state index < -0.39 is 11.0 Å². The standard InChI is InChI=1S/C15H15FN2O4S/c1-20-10-6-9(7-11(21-2)14(10)22-3)8-17-18-15(19)12-4-5-13(16)23-12/h4-8H,1-3H3,(H,18,19). The van der Waals surface area contributed by atoms with Gasteiger partial charge in [0.2, 0.25) is 5.75 Å². The van der Waals surface area contributed by atoms with E-state index in [-0.39, 0.29) is 4.88 Å². The van der Waals surface area contributed by atoms with Gasteiger partial charge in [0.05, 0.1) is 32.4 Å². The minimum atomic E-state index is -0.484. The van der Waals surface area contributed by atoms with Gasteiger partial charge in [-0.25, -0.2) is 5.43 Å². The lowest BCUT2D eigenvalue weighted by Crippen LogP contribution is -2.16. The Morgan fingerprint density at radius 2 is 1.83 bits per heavy atom. The van der Waals surface area contributed by atoms with Gasteiger partial charge in [-0.3, -0.25) is 4.79 Å². The van der Waals surface area contributed by atoms with Gasteiger partial charge in [-0.2, -0.15) is 9.49 Å². The first-order valence-electron chi connectivity index (χ1n) is 6.47. The molecule has 0 atom stereocenters. The second-order valence-electron chi connectivity index (χ2n) is 4.26. The molecule has 122 valence electrons. The van der Waals surface area contributed by atoms with E-state index in [9.17, 15) is 9.18 Å². The molecule has 1 aromatic carbocycles. The fourth-order valence-corrected chi connectivity index (χ4v) is 2.45. The highest BCUT2D eigenvalue weighted by molar-refractivity contribution is 7.12. The lowest BCUT2D eigenvalue weighted by molar-refractivity contribution is 0.0959. The first kappa shape index (κ1) is 16.8. The Labute approximate surface area is 136 Å². The van der Waals surface area contributed by atoms with Crippen LogP contribution < -0.4 is 19.6 Å². The maximum absolute atomic E-state index is 12.9. The maximum Gasteiger partial charge on any atom is 0.281 e. The number of amides is 1. The Morgan fingerprint density at radius 1 is 1.17 bits per heavy atom. The molecule has 0 saturated carbocycles. The summed E-state index contributed by atoms with van der Waals surface area (Å²) in [7, 11) is 4.52. The van der Waals surface area contributed by atoms with Crippen LogP contribution in [-0.4, -0.2) is 33.5 Å². The number of ether oxygens (including phenoxy) is 3. The Bertz CT molecular complexity index is 705. The van der Waals surface area contributed by atoms with Crippen LogP contribution in [0, 0.1) is 5.13 Å². The summed E-state index contributed by atoms with van der Waals surface area (Å²) in [5.41, 5.74) is 2.96. The molecule has 0 aliphatic rings. The van der Waals surface area contributed by atoms with Crippen molar-refractivity contribution >= 4 is 23.5 Å². The number of rotatable bonds is 6. The van der Waals surface area contributed by atoms with Gasteiger partial charge >= 0.3 is 0 Å². The van der Waals surface area contributed by atoms with E-state index in [0.29, 0.717) is 22.8 Å². The molecule has 6 nitrogen and oxygen atoms in total. The molecule has 0 bridgehead atoms. The Kier molecular flexibility index (Phi) is 5.53. The number of halogens is 1. The minimum absolute atomic E-state index is 0.240. The summed E-state index contributed by atoms with van der Waals surface area (Å²) < 4.78 is 28.5. The molecule has 2 rings (SSSR count). The van der Waals surface area contributed by atoms with Crippen LogP contribution in [0.5, 0.6) is 17.2 Å². The van der Waals surface area contributed by atoms with Gasteiger partial charge in [0, 0.05) is 5.56 Å². The van der Waals surface area contributed by atoms with E-state index in [4.69, 9.17) is 14.2 Å². The van der Waals surface area contributed by atoms with Crippen LogP contribution in [0.1, 0.15) is 15.2 Å². The van der Waals surface area contributed by atoms with Crippen LogP contribution in [0.15, 0.2) is 29.4 Å². The molecule has 23 heavy (non-hydrogen) atoms. The minimum Gasteiger partial charge on any atom is -0.493 e. The zero-order valence-corrected chi connectivity index (χ0v) is 13.6. The maximum atomic E-state index is 12.9. The Hall–Kier alpha value is -2.61. The molecule has 0 aliphatic carbocycles. The van der Waals surface area contributed by atoms with Crippen LogP contribution in [0.4, 0.5) is 4.39 Å². The molecule has 0 fully saturated rings. The summed E-state index contributed by atoms with van der Waals surface area (Å²) in [6.45, 7) is 0. The molecule has 1 aromatic heterocycles. The van der Waals surface area contributed by atoms with Gasteiger partial charge in [0.15, 0.2) is 16.6 Å². The van der Waals surface area contributed by atoms with E-state index in [1.54, 1.807) is 12.1 Å². The molecule has 1 heterocycles. The molecule has 1 N–H and O–H groups in total. The van der Waals surface area contributed by atoms with Crippen LogP contribution in [-0.2, 0) is 0 Å². The third-order valence-electron chi connectivity index (χ3n) is 2.86. The number of hydrogen-bond acceptors (Lipinski definition) is 6. The van der Waals surface area contributed by atoms with Crippen molar-refractivity contribution in [1.82, 2.24) is 5.43 Å². The summed E-state index contributed by atoms with van der Waals surface area (Å²) >= 11 is 0.750. The van der Waals surface area contributed by atoms with Crippen molar-refractivity contribution in [2.24, 2.45) is 5.10 Å². The average Bonchev–Trinajstić information content (AvgIpc) is 3.00. The zero-order chi connectivity index (χ0) is 16.8. The summed E-state index contributed by atoms with van der Waals surface area (Å²) in [5, 5.41) is 3.41. The van der Waals surface area contributed by atoms with E-state index in [1.165, 1.54) is 39.7 Å². The van der Waals surface area contributed by atoms with E-state index in [2.05, 4.69) is 10.5 Å². The van der Waals surface area contributed by atoms with Crippen molar-refractivity contribution in [2.45, 2.75) is 0 Å². The number of carbonyl (C=O) groups is 1. The highest BCUT2D eigenvalue weighted by Crippen LogP contribution is 2.37. The number of hydrazone groups is 1. The Balaban J connectivity index is 2.14. The topological polar surface area (TPSA) is 69.2 Å². The molecular formula is C15H15FN2O4S. The first-order valence-corrected chi connectivity index (χ1v) is 7.29. The fourth-order valence-electron chi connectivity index (χ4n) is 1.83. The van der Waals surface area contributed by atoms with Crippen LogP contribution >= 0.6 is 11.3 Å². The number of hydrogen-bond donors (Lipinski definition) is 1. The van der Waals surface area contributed by atoms with Crippen LogP contribution in [0.3, 0.4) is 0 Å². The summed E-state index contributed by atoms with van der Waals surface area (Å²) in [6.07, 6.45) is 1.42. The zero-order valence-electron chi connectivity index (χ0n) is 12.8. The molecule has 0 saturated heterocycles. The van der Waals surface area contributed by atoms with Gasteiger partial charge in [0.25, 0.3) is 5.91 Å². The highest BCUT2D eigenvalue weighted by atomic mass is 32.1. The molecule has 0 radical (unpaired) electrons. The SMILES string of the molecule is COc1cc(C=NNC(=O)c2ccc(F)s2)cc(OC)c1OC. The molecular weight excluding hydrogens is 323 g/mol. The number of benzene rings is 1. The van der Waals surface area contributed by atoms with Crippen molar-refractivity contribution in [3.63, 3.8) is 0 Å². The predicted octanol–water partition coefficient (Wildman–Crippen LogP) is 2.68. The van der Waals surface area contributed by atoms with Gasteiger partial charge in [-0.05, 0) is 24.3 Å². The average molecular weight is 338 g/mol. The van der Waals surface area contributed by atoms with E-state index in [0.717, 1.165) is 11.3 Å². The third kappa shape index (κ3) is 3.98. The van der Waals surface area contributed by atoms with E-state index in [1.807, 2.05) is 0 Å². The smallest absolute Gasteiger partial charge is 0.281 e.